The van der Waals surface area contributed by atoms with Gasteiger partial charge in [0.25, 0.3) is 0 Å². The van der Waals surface area contributed by atoms with Crippen molar-refractivity contribution < 1.29 is 5.11 Å². The van der Waals surface area contributed by atoms with Crippen molar-refractivity contribution in [2.24, 2.45) is 0 Å². The van der Waals surface area contributed by atoms with Crippen LogP contribution in [-0.4, -0.2) is 34.1 Å². The van der Waals surface area contributed by atoms with E-state index < -0.39 is 0 Å². The number of H-pyrrole nitrogens is 1. The summed E-state index contributed by atoms with van der Waals surface area (Å²) in [7, 11) is 3.90. The molecule has 27 heavy (non-hydrogen) atoms. The summed E-state index contributed by atoms with van der Waals surface area (Å²) >= 11 is 0. The number of hydrogen-bond donors (Lipinski definition) is 3. The predicted molar refractivity (Wildman–Crippen MR) is 105 cm³/mol. The van der Waals surface area contributed by atoms with Crippen molar-refractivity contribution in [3.8, 4) is 34.2 Å². The van der Waals surface area contributed by atoms with Gasteiger partial charge in [-0.15, -0.1) is 0 Å². The summed E-state index contributed by atoms with van der Waals surface area (Å²) in [6.45, 7) is 0.603. The van der Waals surface area contributed by atoms with Gasteiger partial charge >= 0.3 is 0 Å². The standard InChI is InChI=1S/C21H21N5O/c1-26(2)11-13-9-12(3-6-18(13)27)19-15-4-5-17-14(7-8-24-17)20(15)25-21(23)16(19)10-22/h3,6-9,24,27H,4-5,11H2,1-2H3,(H2,23,25). The Morgan fingerprint density at radius 2 is 2.11 bits per heavy atom. The van der Waals surface area contributed by atoms with Gasteiger partial charge in [-0.3, -0.25) is 0 Å². The van der Waals surface area contributed by atoms with Crippen LogP contribution in [0.4, 0.5) is 5.82 Å². The van der Waals surface area contributed by atoms with Gasteiger partial charge in [-0.2, -0.15) is 5.26 Å². The lowest BCUT2D eigenvalue weighted by Crippen LogP contribution is -2.12. The minimum atomic E-state index is 0.238. The van der Waals surface area contributed by atoms with E-state index in [0.29, 0.717) is 12.1 Å². The summed E-state index contributed by atoms with van der Waals surface area (Å²) in [5.74, 6) is 0.484. The van der Waals surface area contributed by atoms with Gasteiger partial charge in [0.1, 0.15) is 23.2 Å². The molecule has 2 heterocycles. The number of nitriles is 1. The number of aromatic hydroxyl groups is 1. The quantitative estimate of drug-likeness (QED) is 0.667. The zero-order valence-electron chi connectivity index (χ0n) is 15.4. The fourth-order valence-electron chi connectivity index (χ4n) is 3.83. The normalized spacial score (nSPS) is 12.5. The second-order valence-electron chi connectivity index (χ2n) is 7.14. The number of rotatable bonds is 3. The number of aryl methyl sites for hydroxylation is 1. The first-order chi connectivity index (χ1) is 13.0. The van der Waals surface area contributed by atoms with Crippen LogP contribution in [-0.2, 0) is 19.4 Å². The average Bonchev–Trinajstić information content (AvgIpc) is 3.11. The third-order valence-electron chi connectivity index (χ3n) is 5.01. The van der Waals surface area contributed by atoms with E-state index in [-0.39, 0.29) is 11.6 Å². The number of nitrogen functional groups attached to an aromatic ring is 1. The van der Waals surface area contributed by atoms with Crippen molar-refractivity contribution in [2.45, 2.75) is 19.4 Å². The number of nitrogens with one attached hydrogen (secondary N) is 1. The maximum atomic E-state index is 10.2. The van der Waals surface area contributed by atoms with Crippen molar-refractivity contribution in [1.29, 1.82) is 5.26 Å². The Bertz CT molecular complexity index is 1070. The number of benzene rings is 1. The molecule has 0 saturated heterocycles. The Hall–Kier alpha value is -3.30. The fraction of sp³-hybridized carbons (Fsp3) is 0.238. The highest BCUT2D eigenvalue weighted by Gasteiger charge is 2.26. The van der Waals surface area contributed by atoms with Crippen LogP contribution >= 0.6 is 0 Å². The number of nitrogens with two attached hydrogens (primary N) is 1. The molecule has 1 aliphatic rings. The van der Waals surface area contributed by atoms with Crippen LogP contribution in [0.5, 0.6) is 5.75 Å². The van der Waals surface area contributed by atoms with Gasteiger partial charge in [0.2, 0.25) is 0 Å². The zero-order valence-corrected chi connectivity index (χ0v) is 15.4. The smallest absolute Gasteiger partial charge is 0.142 e. The second kappa shape index (κ2) is 6.45. The summed E-state index contributed by atoms with van der Waals surface area (Å²) in [6.07, 6.45) is 3.55. The van der Waals surface area contributed by atoms with Crippen molar-refractivity contribution in [1.82, 2.24) is 14.9 Å². The van der Waals surface area contributed by atoms with E-state index in [1.165, 1.54) is 0 Å². The SMILES string of the molecule is CN(C)Cc1cc(-c2c(C#N)c(N)nc3c2CCc2[nH]ccc2-3)ccc1O. The largest absolute Gasteiger partial charge is 0.508 e. The molecule has 4 rings (SSSR count). The van der Waals surface area contributed by atoms with Gasteiger partial charge < -0.3 is 20.7 Å². The molecule has 0 bridgehead atoms. The minimum absolute atomic E-state index is 0.238. The first-order valence-corrected chi connectivity index (χ1v) is 8.85. The Kier molecular flexibility index (Phi) is 4.09. The number of pyridine rings is 1. The average molecular weight is 359 g/mol. The summed E-state index contributed by atoms with van der Waals surface area (Å²) in [5, 5.41) is 20.0. The highest BCUT2D eigenvalue weighted by molar-refractivity contribution is 5.86. The first-order valence-electron chi connectivity index (χ1n) is 8.85. The third-order valence-corrected chi connectivity index (χ3v) is 5.01. The van der Waals surface area contributed by atoms with Crippen LogP contribution in [0.1, 0.15) is 22.4 Å². The van der Waals surface area contributed by atoms with Gasteiger partial charge in [-0.1, -0.05) is 6.07 Å². The van der Waals surface area contributed by atoms with Gasteiger partial charge in [-0.25, -0.2) is 4.98 Å². The molecule has 4 N–H and O–H groups in total. The van der Waals surface area contributed by atoms with E-state index in [2.05, 4.69) is 16.0 Å². The number of aromatic nitrogens is 2. The van der Waals surface area contributed by atoms with Crippen LogP contribution in [0, 0.1) is 11.3 Å². The third kappa shape index (κ3) is 2.82. The Morgan fingerprint density at radius 3 is 2.85 bits per heavy atom. The van der Waals surface area contributed by atoms with E-state index in [1.54, 1.807) is 6.07 Å². The van der Waals surface area contributed by atoms with Crippen molar-refractivity contribution >= 4 is 5.82 Å². The number of fused-ring (bicyclic) bond motifs is 3. The van der Waals surface area contributed by atoms with E-state index in [4.69, 9.17) is 5.73 Å². The number of nitrogens with zero attached hydrogens (tertiary/aromatic N) is 3. The van der Waals surface area contributed by atoms with Crippen LogP contribution < -0.4 is 5.73 Å². The highest BCUT2D eigenvalue weighted by Crippen LogP contribution is 2.41. The van der Waals surface area contributed by atoms with Gasteiger partial charge in [0, 0.05) is 35.1 Å². The van der Waals surface area contributed by atoms with Crippen LogP contribution in [0.15, 0.2) is 30.5 Å². The van der Waals surface area contributed by atoms with Crippen molar-refractivity contribution in [3.63, 3.8) is 0 Å². The van der Waals surface area contributed by atoms with E-state index in [1.807, 2.05) is 43.4 Å². The molecule has 3 aromatic rings. The van der Waals surface area contributed by atoms with E-state index in [9.17, 15) is 10.4 Å². The molecule has 0 fully saturated rings. The molecule has 1 aromatic carbocycles. The maximum absolute atomic E-state index is 10.2. The molecule has 136 valence electrons. The number of anilines is 1. The van der Waals surface area contributed by atoms with Gasteiger partial charge in [0.15, 0.2) is 0 Å². The molecule has 0 atom stereocenters. The molecule has 2 aromatic heterocycles. The number of aromatic amines is 1. The highest BCUT2D eigenvalue weighted by atomic mass is 16.3. The number of phenols is 1. The topological polar surface area (TPSA) is 102 Å². The van der Waals surface area contributed by atoms with E-state index in [0.717, 1.165) is 52.0 Å². The van der Waals surface area contributed by atoms with Crippen molar-refractivity contribution in [2.75, 3.05) is 19.8 Å². The Balaban J connectivity index is 1.98. The zero-order chi connectivity index (χ0) is 19.1. The lowest BCUT2D eigenvalue weighted by atomic mass is 9.85. The van der Waals surface area contributed by atoms with Gasteiger partial charge in [-0.05, 0) is 56.3 Å². The molecular formula is C21H21N5O. The van der Waals surface area contributed by atoms with Crippen LogP contribution in [0.2, 0.25) is 0 Å². The molecule has 0 saturated carbocycles. The summed E-state index contributed by atoms with van der Waals surface area (Å²) in [4.78, 5) is 9.80. The first kappa shape index (κ1) is 17.1. The molecule has 0 amide bonds. The number of hydrogen-bond acceptors (Lipinski definition) is 5. The maximum Gasteiger partial charge on any atom is 0.142 e. The summed E-state index contributed by atoms with van der Waals surface area (Å²) in [5.41, 5.74) is 13.1. The lowest BCUT2D eigenvalue weighted by Gasteiger charge is -2.22. The minimum Gasteiger partial charge on any atom is -0.508 e. The molecule has 0 unspecified atom stereocenters. The van der Waals surface area contributed by atoms with E-state index >= 15 is 0 Å². The molecule has 1 aliphatic carbocycles. The Labute approximate surface area is 157 Å². The lowest BCUT2D eigenvalue weighted by molar-refractivity contribution is 0.386. The molecule has 0 radical (unpaired) electrons. The van der Waals surface area contributed by atoms with Crippen LogP contribution in [0.25, 0.3) is 22.4 Å². The van der Waals surface area contributed by atoms with Gasteiger partial charge in [0.05, 0.1) is 5.69 Å². The second-order valence-corrected chi connectivity index (χ2v) is 7.14. The molecular weight excluding hydrogens is 338 g/mol. The fourth-order valence-corrected chi connectivity index (χ4v) is 3.83. The Morgan fingerprint density at radius 1 is 1.30 bits per heavy atom. The molecule has 6 nitrogen and oxygen atoms in total. The molecule has 0 aliphatic heterocycles. The van der Waals surface area contributed by atoms with Crippen LogP contribution in [0.3, 0.4) is 0 Å². The molecule has 6 heteroatoms. The summed E-state index contributed by atoms with van der Waals surface area (Å²) < 4.78 is 0. The van der Waals surface area contributed by atoms with Crippen molar-refractivity contribution in [3.05, 3.63) is 52.8 Å². The summed E-state index contributed by atoms with van der Waals surface area (Å²) in [6, 6.07) is 9.71. The molecule has 0 spiro atoms. The monoisotopic (exact) mass is 359 g/mol. The predicted octanol–water partition coefficient (Wildman–Crippen LogP) is 3.06. The number of phenolic OH excluding ortho intramolecular Hbond substituents is 1.